The molecule has 3 rings (SSSR count). The standard InChI is InChI=1S/C17H27N3O2/c1-12-13(2)18-19-14(12)6-7-16(22)20-10-4-9-17(11-20)8-3-5-15(17)21/h15,21H,3-11H2,1-2H3,(H,18,19)/t15-,17-/m1/s1. The fraction of sp³-hybridized carbons (Fsp3) is 0.765. The molecule has 1 saturated heterocycles. The number of piperidine rings is 1. The van der Waals surface area contributed by atoms with Gasteiger partial charge in [-0.2, -0.15) is 5.10 Å². The first kappa shape index (κ1) is 15.5. The first-order valence-electron chi connectivity index (χ1n) is 8.48. The van der Waals surface area contributed by atoms with E-state index in [1.165, 1.54) is 0 Å². The minimum Gasteiger partial charge on any atom is -0.392 e. The molecule has 2 aliphatic rings. The molecule has 122 valence electrons. The summed E-state index contributed by atoms with van der Waals surface area (Å²) in [4.78, 5) is 14.5. The minimum atomic E-state index is -0.223. The Morgan fingerprint density at radius 3 is 2.82 bits per heavy atom. The summed E-state index contributed by atoms with van der Waals surface area (Å²) in [6.07, 6.45) is 6.12. The van der Waals surface area contributed by atoms with E-state index in [2.05, 4.69) is 10.2 Å². The number of aromatic amines is 1. The lowest BCUT2D eigenvalue weighted by atomic mass is 9.76. The number of carbonyl (C=O) groups excluding carboxylic acids is 1. The highest BCUT2D eigenvalue weighted by atomic mass is 16.3. The van der Waals surface area contributed by atoms with Crippen molar-refractivity contribution in [2.75, 3.05) is 13.1 Å². The Morgan fingerprint density at radius 2 is 2.18 bits per heavy atom. The molecule has 22 heavy (non-hydrogen) atoms. The molecule has 0 bridgehead atoms. The van der Waals surface area contributed by atoms with Crippen molar-refractivity contribution in [1.29, 1.82) is 0 Å². The quantitative estimate of drug-likeness (QED) is 0.898. The number of carbonyl (C=O) groups is 1. The Kier molecular flexibility index (Phi) is 4.26. The molecule has 1 spiro atoms. The second kappa shape index (κ2) is 6.03. The maximum atomic E-state index is 12.5. The average molecular weight is 305 g/mol. The maximum Gasteiger partial charge on any atom is 0.222 e. The van der Waals surface area contributed by atoms with Gasteiger partial charge < -0.3 is 10.0 Å². The number of amides is 1. The molecule has 0 radical (unpaired) electrons. The summed E-state index contributed by atoms with van der Waals surface area (Å²) in [5.74, 6) is 0.207. The van der Waals surface area contributed by atoms with E-state index in [4.69, 9.17) is 0 Å². The van der Waals surface area contributed by atoms with E-state index < -0.39 is 0 Å². The van der Waals surface area contributed by atoms with Crippen LogP contribution in [0, 0.1) is 19.3 Å². The highest BCUT2D eigenvalue weighted by Gasteiger charge is 2.45. The summed E-state index contributed by atoms with van der Waals surface area (Å²) < 4.78 is 0. The van der Waals surface area contributed by atoms with Gasteiger partial charge >= 0.3 is 0 Å². The highest BCUT2D eigenvalue weighted by molar-refractivity contribution is 5.76. The Balaban J connectivity index is 1.59. The monoisotopic (exact) mass is 305 g/mol. The number of aryl methyl sites for hydroxylation is 2. The number of hydrogen-bond acceptors (Lipinski definition) is 3. The van der Waals surface area contributed by atoms with E-state index in [0.29, 0.717) is 12.8 Å². The third kappa shape index (κ3) is 2.78. The Bertz CT molecular complexity index is 554. The van der Waals surface area contributed by atoms with Gasteiger partial charge in [-0.05, 0) is 45.1 Å². The third-order valence-corrected chi connectivity index (χ3v) is 5.75. The first-order valence-corrected chi connectivity index (χ1v) is 8.48. The van der Waals surface area contributed by atoms with Gasteiger partial charge in [0.2, 0.25) is 5.91 Å². The van der Waals surface area contributed by atoms with Gasteiger partial charge in [0.05, 0.1) is 11.8 Å². The summed E-state index contributed by atoms with van der Waals surface area (Å²) in [6.45, 7) is 5.63. The summed E-state index contributed by atoms with van der Waals surface area (Å²) in [5.41, 5.74) is 3.22. The molecule has 2 heterocycles. The van der Waals surface area contributed by atoms with Crippen LogP contribution in [0.2, 0.25) is 0 Å². The zero-order valence-corrected chi connectivity index (χ0v) is 13.7. The topological polar surface area (TPSA) is 69.2 Å². The normalized spacial score (nSPS) is 28.5. The fourth-order valence-electron chi connectivity index (χ4n) is 4.13. The zero-order valence-electron chi connectivity index (χ0n) is 13.7. The molecular formula is C17H27N3O2. The van der Waals surface area contributed by atoms with Crippen molar-refractivity contribution in [3.63, 3.8) is 0 Å². The van der Waals surface area contributed by atoms with Crippen molar-refractivity contribution < 1.29 is 9.90 Å². The number of aliphatic hydroxyl groups is 1. The third-order valence-electron chi connectivity index (χ3n) is 5.75. The highest BCUT2D eigenvalue weighted by Crippen LogP contribution is 2.45. The van der Waals surface area contributed by atoms with Crippen LogP contribution >= 0.6 is 0 Å². The Hall–Kier alpha value is -1.36. The average Bonchev–Trinajstić information content (AvgIpc) is 3.02. The summed E-state index contributed by atoms with van der Waals surface area (Å²) in [5, 5.41) is 17.6. The van der Waals surface area contributed by atoms with Gasteiger partial charge in [-0.3, -0.25) is 9.89 Å². The van der Waals surface area contributed by atoms with E-state index in [0.717, 1.165) is 62.1 Å². The summed E-state index contributed by atoms with van der Waals surface area (Å²) >= 11 is 0. The van der Waals surface area contributed by atoms with Gasteiger partial charge in [0, 0.05) is 37.0 Å². The molecule has 5 nitrogen and oxygen atoms in total. The maximum absolute atomic E-state index is 12.5. The number of aliphatic hydroxyl groups excluding tert-OH is 1. The number of nitrogens with zero attached hydrogens (tertiary/aromatic N) is 2. The zero-order chi connectivity index (χ0) is 15.7. The van der Waals surface area contributed by atoms with Gasteiger partial charge in [-0.1, -0.05) is 6.42 Å². The molecule has 1 saturated carbocycles. The Morgan fingerprint density at radius 1 is 1.41 bits per heavy atom. The molecule has 1 aromatic rings. The molecule has 0 aromatic carbocycles. The summed E-state index contributed by atoms with van der Waals surface area (Å²) in [7, 11) is 0. The van der Waals surface area contributed by atoms with Crippen molar-refractivity contribution in [3.05, 3.63) is 17.0 Å². The fourth-order valence-corrected chi connectivity index (χ4v) is 4.13. The number of H-pyrrole nitrogens is 1. The molecule has 1 aliphatic heterocycles. The van der Waals surface area contributed by atoms with Gasteiger partial charge in [-0.25, -0.2) is 0 Å². The number of rotatable bonds is 3. The molecule has 5 heteroatoms. The van der Waals surface area contributed by atoms with Crippen molar-refractivity contribution in [1.82, 2.24) is 15.1 Å². The van der Waals surface area contributed by atoms with Crippen molar-refractivity contribution in [2.24, 2.45) is 5.41 Å². The molecule has 1 amide bonds. The first-order chi connectivity index (χ1) is 10.5. The smallest absolute Gasteiger partial charge is 0.222 e. The van der Waals surface area contributed by atoms with Crippen LogP contribution in [0.3, 0.4) is 0 Å². The SMILES string of the molecule is Cc1[nH]nc(CCC(=O)N2CCC[C@]3(CCC[C@H]3O)C2)c1C. The molecule has 1 aromatic heterocycles. The predicted molar refractivity (Wildman–Crippen MR) is 84.5 cm³/mol. The van der Waals surface area contributed by atoms with Crippen LogP contribution < -0.4 is 0 Å². The largest absolute Gasteiger partial charge is 0.392 e. The molecule has 0 unspecified atom stereocenters. The predicted octanol–water partition coefficient (Wildman–Crippen LogP) is 2.11. The molecule has 2 atom stereocenters. The van der Waals surface area contributed by atoms with Crippen molar-refractivity contribution in [3.8, 4) is 0 Å². The lowest BCUT2D eigenvalue weighted by Gasteiger charge is -2.42. The molecule has 1 aliphatic carbocycles. The number of nitrogens with one attached hydrogen (secondary N) is 1. The van der Waals surface area contributed by atoms with Crippen LogP contribution in [0.1, 0.15) is 55.5 Å². The van der Waals surface area contributed by atoms with E-state index in [-0.39, 0.29) is 17.4 Å². The number of likely N-dealkylation sites (tertiary alicyclic amines) is 1. The van der Waals surface area contributed by atoms with E-state index in [1.54, 1.807) is 0 Å². The Labute approximate surface area is 132 Å². The second-order valence-electron chi connectivity index (χ2n) is 7.11. The van der Waals surface area contributed by atoms with Gasteiger partial charge in [-0.15, -0.1) is 0 Å². The van der Waals surface area contributed by atoms with Gasteiger partial charge in [0.1, 0.15) is 0 Å². The minimum absolute atomic E-state index is 0.0211. The molecular weight excluding hydrogens is 278 g/mol. The van der Waals surface area contributed by atoms with Crippen molar-refractivity contribution in [2.45, 2.75) is 64.9 Å². The lowest BCUT2D eigenvalue weighted by Crippen LogP contribution is -2.49. The second-order valence-corrected chi connectivity index (χ2v) is 7.11. The molecule has 2 fully saturated rings. The molecule has 2 N–H and O–H groups in total. The number of aromatic nitrogens is 2. The van der Waals surface area contributed by atoms with Gasteiger partial charge in [0.25, 0.3) is 0 Å². The van der Waals surface area contributed by atoms with E-state index in [9.17, 15) is 9.90 Å². The van der Waals surface area contributed by atoms with E-state index >= 15 is 0 Å². The van der Waals surface area contributed by atoms with Crippen LogP contribution in [0.15, 0.2) is 0 Å². The van der Waals surface area contributed by atoms with Gasteiger partial charge in [0.15, 0.2) is 0 Å². The van der Waals surface area contributed by atoms with Crippen LogP contribution in [0.5, 0.6) is 0 Å². The lowest BCUT2D eigenvalue weighted by molar-refractivity contribution is -0.136. The van der Waals surface area contributed by atoms with Crippen LogP contribution in [-0.4, -0.2) is 45.3 Å². The summed E-state index contributed by atoms with van der Waals surface area (Å²) in [6, 6.07) is 0. The van der Waals surface area contributed by atoms with Crippen LogP contribution in [0.25, 0.3) is 0 Å². The van der Waals surface area contributed by atoms with Crippen molar-refractivity contribution >= 4 is 5.91 Å². The van der Waals surface area contributed by atoms with Crippen LogP contribution in [-0.2, 0) is 11.2 Å². The van der Waals surface area contributed by atoms with Crippen LogP contribution in [0.4, 0.5) is 0 Å². The van der Waals surface area contributed by atoms with E-state index in [1.807, 2.05) is 18.7 Å². The number of hydrogen-bond donors (Lipinski definition) is 2.